The van der Waals surface area contributed by atoms with Crippen LogP contribution in [0.2, 0.25) is 5.02 Å². The van der Waals surface area contributed by atoms with Gasteiger partial charge in [0.25, 0.3) is 0 Å². The largest absolute Gasteiger partial charge is 0.242 e. The predicted octanol–water partition coefficient (Wildman–Crippen LogP) is 3.15. The number of hydrogen-bond donors (Lipinski definition) is 0. The van der Waals surface area contributed by atoms with Crippen LogP contribution in [-0.2, 0) is 10.0 Å². The van der Waals surface area contributed by atoms with Crippen LogP contribution in [0, 0.1) is 0 Å². The van der Waals surface area contributed by atoms with E-state index in [-0.39, 0.29) is 0 Å². The topological polar surface area (TPSA) is 37.4 Å². The molecule has 0 unspecified atom stereocenters. The number of rotatable bonds is 6. The van der Waals surface area contributed by atoms with Crippen LogP contribution in [0.3, 0.4) is 0 Å². The van der Waals surface area contributed by atoms with E-state index in [4.69, 9.17) is 11.6 Å². The molecule has 0 aliphatic rings. The monoisotopic (exact) mass is 275 g/mol. The first-order chi connectivity index (χ1) is 7.98. The summed E-state index contributed by atoms with van der Waals surface area (Å²) >= 11 is 5.74. The summed E-state index contributed by atoms with van der Waals surface area (Å²) in [5.74, 6) is 0. The summed E-state index contributed by atoms with van der Waals surface area (Å²) in [7, 11) is -1.75. The molecule has 0 aliphatic carbocycles. The zero-order chi connectivity index (χ0) is 12.9. The molecule has 1 rings (SSSR count). The molecule has 0 saturated heterocycles. The second-order valence-electron chi connectivity index (χ2n) is 3.99. The van der Waals surface area contributed by atoms with E-state index in [1.165, 1.54) is 16.4 Å². The lowest BCUT2D eigenvalue weighted by atomic mass is 10.2. The summed E-state index contributed by atoms with van der Waals surface area (Å²) < 4.78 is 25.6. The Balaban J connectivity index is 2.76. The van der Waals surface area contributed by atoms with Crippen LogP contribution >= 0.6 is 11.6 Å². The van der Waals surface area contributed by atoms with E-state index in [1.54, 1.807) is 19.2 Å². The molecule has 0 fully saturated rings. The molecule has 96 valence electrons. The van der Waals surface area contributed by atoms with E-state index < -0.39 is 10.0 Å². The standard InChI is InChI=1S/C12H18ClNO2S/c1-3-4-5-10-14(2)17(15,16)12-8-6-11(13)7-9-12/h6-9H,3-5,10H2,1-2H3. The van der Waals surface area contributed by atoms with Gasteiger partial charge in [-0.05, 0) is 30.7 Å². The number of sulfonamides is 1. The number of nitrogens with zero attached hydrogens (tertiary/aromatic N) is 1. The first kappa shape index (κ1) is 14.5. The van der Waals surface area contributed by atoms with E-state index in [9.17, 15) is 8.42 Å². The predicted molar refractivity (Wildman–Crippen MR) is 70.8 cm³/mol. The maximum atomic E-state index is 12.1. The lowest BCUT2D eigenvalue weighted by Crippen LogP contribution is -2.27. The molecule has 0 saturated carbocycles. The van der Waals surface area contributed by atoms with Gasteiger partial charge in [0, 0.05) is 18.6 Å². The van der Waals surface area contributed by atoms with Crippen LogP contribution in [0.25, 0.3) is 0 Å². The number of benzene rings is 1. The van der Waals surface area contributed by atoms with Gasteiger partial charge in [0.15, 0.2) is 0 Å². The van der Waals surface area contributed by atoms with Gasteiger partial charge in [-0.3, -0.25) is 0 Å². The quantitative estimate of drug-likeness (QED) is 0.748. The second-order valence-corrected chi connectivity index (χ2v) is 6.47. The van der Waals surface area contributed by atoms with Crippen molar-refractivity contribution in [3.05, 3.63) is 29.3 Å². The van der Waals surface area contributed by atoms with Crippen molar-refractivity contribution in [1.29, 1.82) is 0 Å². The number of halogens is 1. The molecular weight excluding hydrogens is 258 g/mol. The van der Waals surface area contributed by atoms with E-state index in [1.807, 2.05) is 0 Å². The van der Waals surface area contributed by atoms with E-state index in [0.29, 0.717) is 16.5 Å². The molecule has 3 nitrogen and oxygen atoms in total. The highest BCUT2D eigenvalue weighted by Gasteiger charge is 2.19. The third-order valence-electron chi connectivity index (χ3n) is 2.60. The molecule has 0 atom stereocenters. The van der Waals surface area contributed by atoms with Gasteiger partial charge in [-0.2, -0.15) is 0 Å². The van der Waals surface area contributed by atoms with Crippen molar-refractivity contribution >= 4 is 21.6 Å². The number of unbranched alkanes of at least 4 members (excludes halogenated alkanes) is 2. The molecule has 0 heterocycles. The fourth-order valence-electron chi connectivity index (χ4n) is 1.49. The average Bonchev–Trinajstić information content (AvgIpc) is 2.29. The summed E-state index contributed by atoms with van der Waals surface area (Å²) in [6, 6.07) is 6.25. The van der Waals surface area contributed by atoms with Crippen LogP contribution < -0.4 is 0 Å². The Labute approximate surface area is 108 Å². The van der Waals surface area contributed by atoms with Gasteiger partial charge in [-0.1, -0.05) is 31.4 Å². The van der Waals surface area contributed by atoms with E-state index >= 15 is 0 Å². The zero-order valence-corrected chi connectivity index (χ0v) is 11.8. The fraction of sp³-hybridized carbons (Fsp3) is 0.500. The first-order valence-corrected chi connectivity index (χ1v) is 7.52. The van der Waals surface area contributed by atoms with Gasteiger partial charge in [0.05, 0.1) is 4.90 Å². The number of hydrogen-bond acceptors (Lipinski definition) is 2. The smallest absolute Gasteiger partial charge is 0.207 e. The Bertz CT molecular complexity index is 442. The summed E-state index contributed by atoms with van der Waals surface area (Å²) in [5.41, 5.74) is 0. The Hall–Kier alpha value is -0.580. The highest BCUT2D eigenvalue weighted by Crippen LogP contribution is 2.17. The maximum absolute atomic E-state index is 12.1. The summed E-state index contributed by atoms with van der Waals surface area (Å²) in [6.45, 7) is 2.65. The van der Waals surface area contributed by atoms with Gasteiger partial charge in [-0.25, -0.2) is 12.7 Å². The van der Waals surface area contributed by atoms with Crippen molar-refractivity contribution in [2.45, 2.75) is 31.1 Å². The van der Waals surface area contributed by atoms with Gasteiger partial charge in [0.1, 0.15) is 0 Å². The third-order valence-corrected chi connectivity index (χ3v) is 4.72. The van der Waals surface area contributed by atoms with Crippen molar-refractivity contribution < 1.29 is 8.42 Å². The third kappa shape index (κ3) is 3.98. The zero-order valence-electron chi connectivity index (χ0n) is 10.2. The van der Waals surface area contributed by atoms with Crippen LogP contribution in [-0.4, -0.2) is 26.3 Å². The summed E-state index contributed by atoms with van der Waals surface area (Å²) in [4.78, 5) is 0.292. The molecule has 0 amide bonds. The molecule has 1 aromatic carbocycles. The van der Waals surface area contributed by atoms with Gasteiger partial charge < -0.3 is 0 Å². The van der Waals surface area contributed by atoms with Crippen LogP contribution in [0.5, 0.6) is 0 Å². The minimum Gasteiger partial charge on any atom is -0.207 e. The van der Waals surface area contributed by atoms with Gasteiger partial charge >= 0.3 is 0 Å². The molecule has 0 spiro atoms. The minimum absolute atomic E-state index is 0.292. The first-order valence-electron chi connectivity index (χ1n) is 5.70. The SMILES string of the molecule is CCCCCN(C)S(=O)(=O)c1ccc(Cl)cc1. The summed E-state index contributed by atoms with van der Waals surface area (Å²) in [5, 5.41) is 0.539. The van der Waals surface area contributed by atoms with Crippen molar-refractivity contribution in [3.8, 4) is 0 Å². The Morgan fingerprint density at radius 3 is 2.29 bits per heavy atom. The lowest BCUT2D eigenvalue weighted by molar-refractivity contribution is 0.454. The molecule has 0 radical (unpaired) electrons. The minimum atomic E-state index is -3.36. The van der Waals surface area contributed by atoms with Gasteiger partial charge in [0.2, 0.25) is 10.0 Å². The van der Waals surface area contributed by atoms with Crippen LogP contribution in [0.4, 0.5) is 0 Å². The molecule has 0 aliphatic heterocycles. The molecular formula is C12H18ClNO2S. The lowest BCUT2D eigenvalue weighted by Gasteiger charge is -2.16. The molecule has 17 heavy (non-hydrogen) atoms. The average molecular weight is 276 g/mol. The fourth-order valence-corrected chi connectivity index (χ4v) is 2.83. The molecule has 0 N–H and O–H groups in total. The van der Waals surface area contributed by atoms with Crippen LogP contribution in [0.15, 0.2) is 29.2 Å². The Morgan fingerprint density at radius 2 is 1.76 bits per heavy atom. The van der Waals surface area contributed by atoms with Crippen molar-refractivity contribution in [1.82, 2.24) is 4.31 Å². The van der Waals surface area contributed by atoms with Crippen molar-refractivity contribution in [2.24, 2.45) is 0 Å². The van der Waals surface area contributed by atoms with E-state index in [0.717, 1.165) is 19.3 Å². The molecule has 5 heteroatoms. The van der Waals surface area contributed by atoms with Crippen molar-refractivity contribution in [2.75, 3.05) is 13.6 Å². The van der Waals surface area contributed by atoms with Gasteiger partial charge in [-0.15, -0.1) is 0 Å². The normalized spacial score (nSPS) is 12.0. The highest BCUT2D eigenvalue weighted by atomic mass is 35.5. The van der Waals surface area contributed by atoms with Crippen molar-refractivity contribution in [3.63, 3.8) is 0 Å². The molecule has 0 bridgehead atoms. The maximum Gasteiger partial charge on any atom is 0.242 e. The van der Waals surface area contributed by atoms with E-state index in [2.05, 4.69) is 6.92 Å². The Kier molecular flexibility index (Phi) is 5.43. The molecule has 0 aromatic heterocycles. The highest BCUT2D eigenvalue weighted by molar-refractivity contribution is 7.89. The van der Waals surface area contributed by atoms with Crippen LogP contribution in [0.1, 0.15) is 26.2 Å². The Morgan fingerprint density at radius 1 is 1.18 bits per heavy atom. The molecule has 1 aromatic rings. The summed E-state index contributed by atoms with van der Waals surface area (Å²) in [6.07, 6.45) is 3.01. The second kappa shape index (κ2) is 6.38.